The van der Waals surface area contributed by atoms with Crippen LogP contribution in [0, 0.1) is 0 Å². The molecular formula is C13H13F3N6. The average Bonchev–Trinajstić information content (AvgIpc) is 3.12. The Labute approximate surface area is 124 Å². The van der Waals surface area contributed by atoms with E-state index in [4.69, 9.17) is 0 Å². The molecule has 0 aliphatic carbocycles. The van der Waals surface area contributed by atoms with Gasteiger partial charge in [-0.25, -0.2) is 10.0 Å². The minimum atomic E-state index is -4.37. The first-order chi connectivity index (χ1) is 10.5. The van der Waals surface area contributed by atoms with Crippen LogP contribution in [0.25, 0.3) is 0 Å². The molecule has 1 fully saturated rings. The second-order valence-corrected chi connectivity index (χ2v) is 5.35. The highest BCUT2D eigenvalue weighted by atomic mass is 19.4. The van der Waals surface area contributed by atoms with E-state index in [1.807, 2.05) is 10.0 Å². The van der Waals surface area contributed by atoms with Gasteiger partial charge in [-0.3, -0.25) is 10.9 Å². The van der Waals surface area contributed by atoms with E-state index >= 15 is 0 Å². The van der Waals surface area contributed by atoms with Crippen molar-refractivity contribution in [3.63, 3.8) is 0 Å². The van der Waals surface area contributed by atoms with E-state index in [1.54, 1.807) is 12.4 Å². The van der Waals surface area contributed by atoms with Crippen LogP contribution < -0.4 is 10.9 Å². The summed E-state index contributed by atoms with van der Waals surface area (Å²) in [6, 6.07) is 5.20. The summed E-state index contributed by atoms with van der Waals surface area (Å²) >= 11 is 0. The quantitative estimate of drug-likeness (QED) is 0.825. The number of rotatable bonds is 1. The number of benzene rings is 1. The van der Waals surface area contributed by atoms with Crippen LogP contribution in [0.1, 0.15) is 24.0 Å². The maximum absolute atomic E-state index is 12.9. The number of hydrogen-bond acceptors (Lipinski definition) is 6. The van der Waals surface area contributed by atoms with E-state index in [0.29, 0.717) is 11.4 Å². The van der Waals surface area contributed by atoms with Gasteiger partial charge in [-0.05, 0) is 25.0 Å². The Kier molecular flexibility index (Phi) is 2.72. The fourth-order valence-electron chi connectivity index (χ4n) is 2.91. The normalized spacial score (nSPS) is 26.2. The first-order valence-electron chi connectivity index (χ1n) is 6.91. The van der Waals surface area contributed by atoms with Crippen molar-refractivity contribution in [2.45, 2.75) is 31.3 Å². The van der Waals surface area contributed by atoms with E-state index in [0.717, 1.165) is 25.0 Å². The van der Waals surface area contributed by atoms with Crippen LogP contribution in [0.4, 0.5) is 13.2 Å². The molecule has 1 aromatic carbocycles. The number of nitrogens with zero attached hydrogens (tertiary/aromatic N) is 4. The number of hydrogen-bond donors (Lipinski definition) is 2. The van der Waals surface area contributed by atoms with Crippen molar-refractivity contribution in [3.8, 4) is 0 Å². The van der Waals surface area contributed by atoms with Gasteiger partial charge in [0.2, 0.25) is 0 Å². The van der Waals surface area contributed by atoms with Crippen molar-refractivity contribution in [3.05, 3.63) is 35.4 Å². The highest BCUT2D eigenvalue weighted by Gasteiger charge is 2.42. The summed E-state index contributed by atoms with van der Waals surface area (Å²) in [6.07, 6.45) is -1.08. The molecule has 4 rings (SSSR count). The van der Waals surface area contributed by atoms with Crippen LogP contribution in [-0.2, 0) is 6.18 Å². The molecule has 6 nitrogen and oxygen atoms in total. The van der Waals surface area contributed by atoms with Crippen molar-refractivity contribution in [2.24, 2.45) is 10.2 Å². The highest BCUT2D eigenvalue weighted by molar-refractivity contribution is 6.00. The van der Waals surface area contributed by atoms with Crippen molar-refractivity contribution in [1.82, 2.24) is 20.9 Å². The monoisotopic (exact) mass is 310 g/mol. The summed E-state index contributed by atoms with van der Waals surface area (Å²) in [5.74, 6) is 0.468. The zero-order valence-corrected chi connectivity index (χ0v) is 11.4. The summed E-state index contributed by atoms with van der Waals surface area (Å²) < 4.78 is 38.7. The smallest absolute Gasteiger partial charge is 0.284 e. The Bertz CT molecular complexity index is 655. The molecule has 0 aromatic heterocycles. The third kappa shape index (κ3) is 1.96. The molecule has 0 bridgehead atoms. The Balaban J connectivity index is 1.69. The number of nitrogens with one attached hydrogen (secondary N) is 2. The molecule has 3 aliphatic heterocycles. The lowest BCUT2D eigenvalue weighted by molar-refractivity contribution is -0.137. The predicted molar refractivity (Wildman–Crippen MR) is 73.2 cm³/mol. The summed E-state index contributed by atoms with van der Waals surface area (Å²) in [5.41, 5.74) is 5.69. The number of halogens is 3. The Morgan fingerprint density at radius 2 is 1.95 bits per heavy atom. The predicted octanol–water partition coefficient (Wildman–Crippen LogP) is 1.48. The van der Waals surface area contributed by atoms with Crippen molar-refractivity contribution in [1.29, 1.82) is 0 Å². The number of hydrazone groups is 2. The lowest BCUT2D eigenvalue weighted by Crippen LogP contribution is -2.59. The molecule has 2 atom stereocenters. The third-order valence-corrected chi connectivity index (χ3v) is 3.96. The second-order valence-electron chi connectivity index (χ2n) is 5.35. The van der Waals surface area contributed by atoms with Crippen LogP contribution in [0.2, 0.25) is 0 Å². The minimum Gasteiger partial charge on any atom is -0.284 e. The SMILES string of the molecule is FC(F)(F)c1cccc(C2=NNC3CCC4NN=CN4N23)c1. The number of amidine groups is 1. The molecule has 0 spiro atoms. The number of alkyl halides is 3. The summed E-state index contributed by atoms with van der Waals surface area (Å²) in [4.78, 5) is 0. The first kappa shape index (κ1) is 13.2. The summed E-state index contributed by atoms with van der Waals surface area (Å²) in [5, 5.41) is 12.0. The zero-order valence-electron chi connectivity index (χ0n) is 11.4. The standard InChI is InChI=1S/C13H13F3N6/c14-13(15,16)9-3-1-2-8(6-9)12-20-19-11-5-4-10-18-17-7-21(10)22(11)12/h1-3,6-7,10-11,18-19H,4-5H2. The Morgan fingerprint density at radius 3 is 2.77 bits per heavy atom. The van der Waals surface area contributed by atoms with Gasteiger partial charge in [-0.1, -0.05) is 12.1 Å². The lowest BCUT2D eigenvalue weighted by Gasteiger charge is -2.41. The highest BCUT2D eigenvalue weighted by Crippen LogP contribution is 2.32. The molecule has 2 N–H and O–H groups in total. The van der Waals surface area contributed by atoms with E-state index in [-0.39, 0.29) is 12.3 Å². The minimum absolute atomic E-state index is 0.0205. The van der Waals surface area contributed by atoms with Gasteiger partial charge < -0.3 is 0 Å². The Morgan fingerprint density at radius 1 is 1.14 bits per heavy atom. The summed E-state index contributed by atoms with van der Waals surface area (Å²) in [7, 11) is 0. The van der Waals surface area contributed by atoms with Crippen molar-refractivity contribution in [2.75, 3.05) is 0 Å². The fraction of sp³-hybridized carbons (Fsp3) is 0.385. The van der Waals surface area contributed by atoms with Gasteiger partial charge in [0.25, 0.3) is 0 Å². The van der Waals surface area contributed by atoms with Gasteiger partial charge in [0.1, 0.15) is 18.7 Å². The van der Waals surface area contributed by atoms with Gasteiger partial charge in [-0.15, -0.1) is 0 Å². The third-order valence-electron chi connectivity index (χ3n) is 3.96. The largest absolute Gasteiger partial charge is 0.416 e. The van der Waals surface area contributed by atoms with Crippen LogP contribution in [0.3, 0.4) is 0 Å². The molecular weight excluding hydrogens is 297 g/mol. The van der Waals surface area contributed by atoms with E-state index in [2.05, 4.69) is 21.1 Å². The maximum Gasteiger partial charge on any atom is 0.416 e. The van der Waals surface area contributed by atoms with Crippen molar-refractivity contribution < 1.29 is 13.2 Å². The topological polar surface area (TPSA) is 55.3 Å². The lowest BCUT2D eigenvalue weighted by atomic mass is 10.1. The molecule has 0 amide bonds. The van der Waals surface area contributed by atoms with Gasteiger partial charge >= 0.3 is 6.18 Å². The molecule has 0 saturated carbocycles. The second kappa shape index (κ2) is 4.52. The average molecular weight is 310 g/mol. The van der Waals surface area contributed by atoms with Crippen LogP contribution in [-0.4, -0.2) is 34.5 Å². The molecule has 1 saturated heterocycles. The summed E-state index contributed by atoms with van der Waals surface area (Å²) in [6.45, 7) is 0. The molecule has 1 aromatic rings. The molecule has 9 heteroatoms. The Hall–Kier alpha value is -2.45. The van der Waals surface area contributed by atoms with Gasteiger partial charge in [0.15, 0.2) is 5.84 Å². The van der Waals surface area contributed by atoms with Crippen LogP contribution in [0.15, 0.2) is 34.5 Å². The first-order valence-corrected chi connectivity index (χ1v) is 6.91. The maximum atomic E-state index is 12.9. The molecule has 0 radical (unpaired) electrons. The van der Waals surface area contributed by atoms with Crippen LogP contribution in [0.5, 0.6) is 0 Å². The van der Waals surface area contributed by atoms with Crippen molar-refractivity contribution >= 4 is 12.2 Å². The molecule has 116 valence electrons. The number of hydrazine groups is 1. The van der Waals surface area contributed by atoms with E-state index < -0.39 is 11.7 Å². The van der Waals surface area contributed by atoms with Gasteiger partial charge in [0.05, 0.1) is 5.56 Å². The van der Waals surface area contributed by atoms with Crippen LogP contribution >= 0.6 is 0 Å². The van der Waals surface area contributed by atoms with Gasteiger partial charge in [-0.2, -0.15) is 23.4 Å². The zero-order chi connectivity index (χ0) is 15.3. The van der Waals surface area contributed by atoms with E-state index in [1.165, 1.54) is 6.07 Å². The van der Waals surface area contributed by atoms with Gasteiger partial charge in [0, 0.05) is 5.56 Å². The molecule has 3 heterocycles. The molecule has 22 heavy (non-hydrogen) atoms. The molecule has 3 aliphatic rings. The van der Waals surface area contributed by atoms with E-state index in [9.17, 15) is 13.2 Å². The molecule has 2 unspecified atom stereocenters. The number of fused-ring (bicyclic) bond motifs is 3. The fourth-order valence-corrected chi connectivity index (χ4v) is 2.91.